The van der Waals surface area contributed by atoms with Gasteiger partial charge in [0.05, 0.1) is 0 Å². The van der Waals surface area contributed by atoms with Gasteiger partial charge in [0.1, 0.15) is 5.69 Å². The van der Waals surface area contributed by atoms with Crippen LogP contribution in [-0.2, 0) is 0 Å². The van der Waals surface area contributed by atoms with E-state index in [1.807, 2.05) is 0 Å². The van der Waals surface area contributed by atoms with E-state index in [0.717, 1.165) is 6.20 Å². The molecular formula is C8H8F2N2O. The average molecular weight is 186 g/mol. The molecule has 3 nitrogen and oxygen atoms in total. The van der Waals surface area contributed by atoms with Gasteiger partial charge < -0.3 is 5.73 Å². The number of alkyl halides is 2. The normalized spacial score (nSPS) is 10.5. The molecule has 0 aromatic carbocycles. The Kier molecular flexibility index (Phi) is 2.55. The van der Waals surface area contributed by atoms with E-state index in [0.29, 0.717) is 0 Å². The lowest BCUT2D eigenvalue weighted by Gasteiger charge is -2.06. The van der Waals surface area contributed by atoms with Crippen LogP contribution in [0.2, 0.25) is 0 Å². The predicted octanol–water partition coefficient (Wildman–Crippen LogP) is 1.43. The molecule has 0 saturated heterocycles. The Bertz CT molecular complexity index is 339. The smallest absolute Gasteiger partial charge is 0.280 e. The fourth-order valence-electron chi connectivity index (χ4n) is 1.04. The number of nitrogens with two attached hydrogens (primary N) is 1. The molecule has 1 aromatic rings. The molecule has 0 fully saturated rings. The van der Waals surface area contributed by atoms with Crippen molar-refractivity contribution in [3.63, 3.8) is 0 Å². The average Bonchev–Trinajstić information content (AvgIpc) is 2.03. The van der Waals surface area contributed by atoms with E-state index in [4.69, 9.17) is 5.73 Å². The SMILES string of the molecule is Cc1c(C(N)=O)ccnc1C(F)F. The highest BCUT2D eigenvalue weighted by Gasteiger charge is 2.16. The third-order valence-corrected chi connectivity index (χ3v) is 1.72. The zero-order valence-corrected chi connectivity index (χ0v) is 6.92. The summed E-state index contributed by atoms with van der Waals surface area (Å²) in [7, 11) is 0. The third-order valence-electron chi connectivity index (χ3n) is 1.72. The number of amides is 1. The van der Waals surface area contributed by atoms with Crippen LogP contribution < -0.4 is 5.73 Å². The number of rotatable bonds is 2. The zero-order valence-electron chi connectivity index (χ0n) is 6.92. The van der Waals surface area contributed by atoms with Gasteiger partial charge in [0, 0.05) is 11.8 Å². The van der Waals surface area contributed by atoms with Gasteiger partial charge in [-0.15, -0.1) is 0 Å². The molecule has 0 spiro atoms. The molecule has 0 radical (unpaired) electrons. The first-order valence-electron chi connectivity index (χ1n) is 3.57. The highest BCUT2D eigenvalue weighted by atomic mass is 19.3. The monoisotopic (exact) mass is 186 g/mol. The number of nitrogens with zero attached hydrogens (tertiary/aromatic N) is 1. The first-order valence-corrected chi connectivity index (χ1v) is 3.57. The second-order valence-corrected chi connectivity index (χ2v) is 2.53. The number of hydrogen-bond donors (Lipinski definition) is 1. The molecule has 1 aromatic heterocycles. The molecule has 0 atom stereocenters. The van der Waals surface area contributed by atoms with Crippen LogP contribution in [0.4, 0.5) is 8.78 Å². The maximum atomic E-state index is 12.3. The molecule has 1 heterocycles. The van der Waals surface area contributed by atoms with Crippen molar-refractivity contribution in [2.75, 3.05) is 0 Å². The lowest BCUT2D eigenvalue weighted by atomic mass is 10.1. The molecule has 1 amide bonds. The molecule has 1 rings (SSSR count). The lowest BCUT2D eigenvalue weighted by molar-refractivity contribution is 0.0998. The van der Waals surface area contributed by atoms with Gasteiger partial charge >= 0.3 is 0 Å². The second-order valence-electron chi connectivity index (χ2n) is 2.53. The van der Waals surface area contributed by atoms with E-state index in [1.165, 1.54) is 13.0 Å². The topological polar surface area (TPSA) is 56.0 Å². The molecule has 5 heteroatoms. The maximum Gasteiger partial charge on any atom is 0.280 e. The molecule has 70 valence electrons. The number of pyridine rings is 1. The first kappa shape index (κ1) is 9.57. The van der Waals surface area contributed by atoms with Crippen molar-refractivity contribution in [3.8, 4) is 0 Å². The summed E-state index contributed by atoms with van der Waals surface area (Å²) in [5, 5.41) is 0. The molecule has 0 saturated carbocycles. The van der Waals surface area contributed by atoms with Crippen molar-refractivity contribution in [1.29, 1.82) is 0 Å². The van der Waals surface area contributed by atoms with Gasteiger partial charge in [-0.1, -0.05) is 0 Å². The van der Waals surface area contributed by atoms with Crippen LogP contribution in [0.3, 0.4) is 0 Å². The number of aromatic nitrogens is 1. The van der Waals surface area contributed by atoms with Crippen LogP contribution >= 0.6 is 0 Å². The van der Waals surface area contributed by atoms with Gasteiger partial charge in [-0.2, -0.15) is 0 Å². The zero-order chi connectivity index (χ0) is 10.0. The Balaban J connectivity index is 3.26. The standard InChI is InChI=1S/C8H8F2N2O/c1-4-5(8(11)13)2-3-12-6(4)7(9)10/h2-3,7H,1H3,(H2,11,13). The number of hydrogen-bond acceptors (Lipinski definition) is 2. The molecule has 0 aliphatic heterocycles. The van der Waals surface area contributed by atoms with E-state index >= 15 is 0 Å². The minimum Gasteiger partial charge on any atom is -0.366 e. The summed E-state index contributed by atoms with van der Waals surface area (Å²) in [5.41, 5.74) is 4.81. The Morgan fingerprint density at radius 3 is 2.69 bits per heavy atom. The van der Waals surface area contributed by atoms with Gasteiger partial charge in [0.2, 0.25) is 5.91 Å². The van der Waals surface area contributed by atoms with Crippen molar-refractivity contribution < 1.29 is 13.6 Å². The number of primary amides is 1. The Morgan fingerprint density at radius 1 is 1.62 bits per heavy atom. The second kappa shape index (κ2) is 3.47. The van der Waals surface area contributed by atoms with Crippen molar-refractivity contribution in [2.45, 2.75) is 13.3 Å². The highest BCUT2D eigenvalue weighted by Crippen LogP contribution is 2.21. The van der Waals surface area contributed by atoms with E-state index in [-0.39, 0.29) is 11.1 Å². The van der Waals surface area contributed by atoms with Gasteiger partial charge in [0.15, 0.2) is 0 Å². The van der Waals surface area contributed by atoms with E-state index in [9.17, 15) is 13.6 Å². The quantitative estimate of drug-likeness (QED) is 0.759. The minimum absolute atomic E-state index is 0.0882. The van der Waals surface area contributed by atoms with Crippen molar-refractivity contribution >= 4 is 5.91 Å². The minimum atomic E-state index is -2.68. The van der Waals surface area contributed by atoms with E-state index in [1.54, 1.807) is 0 Å². The largest absolute Gasteiger partial charge is 0.366 e. The Hall–Kier alpha value is -1.52. The molecule has 2 N–H and O–H groups in total. The van der Waals surface area contributed by atoms with Crippen molar-refractivity contribution in [2.24, 2.45) is 5.73 Å². The summed E-state index contributed by atoms with van der Waals surface area (Å²) < 4.78 is 24.5. The Morgan fingerprint density at radius 2 is 2.23 bits per heavy atom. The van der Waals surface area contributed by atoms with E-state index in [2.05, 4.69) is 4.98 Å². The van der Waals surface area contributed by atoms with Crippen LogP contribution in [-0.4, -0.2) is 10.9 Å². The fourth-order valence-corrected chi connectivity index (χ4v) is 1.04. The molecule has 0 aliphatic carbocycles. The van der Waals surface area contributed by atoms with Crippen LogP contribution in [0.15, 0.2) is 12.3 Å². The van der Waals surface area contributed by atoms with Crippen LogP contribution in [0.5, 0.6) is 0 Å². The summed E-state index contributed by atoms with van der Waals surface area (Å²) >= 11 is 0. The summed E-state index contributed by atoms with van der Waals surface area (Å²) in [6, 6.07) is 1.32. The van der Waals surface area contributed by atoms with Crippen molar-refractivity contribution in [1.82, 2.24) is 4.98 Å². The molecule has 13 heavy (non-hydrogen) atoms. The van der Waals surface area contributed by atoms with Gasteiger partial charge in [-0.3, -0.25) is 9.78 Å². The van der Waals surface area contributed by atoms with Gasteiger partial charge in [-0.05, 0) is 18.6 Å². The number of carbonyl (C=O) groups is 1. The van der Waals surface area contributed by atoms with Crippen LogP contribution in [0.25, 0.3) is 0 Å². The van der Waals surface area contributed by atoms with Crippen molar-refractivity contribution in [3.05, 3.63) is 29.1 Å². The number of carbonyl (C=O) groups excluding carboxylic acids is 1. The number of halogens is 2. The highest BCUT2D eigenvalue weighted by molar-refractivity contribution is 5.94. The molecular weight excluding hydrogens is 178 g/mol. The van der Waals surface area contributed by atoms with Gasteiger partial charge in [0.25, 0.3) is 6.43 Å². The first-order chi connectivity index (χ1) is 6.04. The van der Waals surface area contributed by atoms with Crippen LogP contribution in [0.1, 0.15) is 28.0 Å². The summed E-state index contributed by atoms with van der Waals surface area (Å²) in [4.78, 5) is 14.2. The lowest BCUT2D eigenvalue weighted by Crippen LogP contribution is -2.14. The predicted molar refractivity (Wildman–Crippen MR) is 42.4 cm³/mol. The maximum absolute atomic E-state index is 12.3. The summed E-state index contributed by atoms with van der Waals surface area (Å²) in [5.74, 6) is -0.721. The summed E-state index contributed by atoms with van der Waals surface area (Å²) in [6.45, 7) is 1.40. The Labute approximate surface area is 73.6 Å². The molecule has 0 bridgehead atoms. The van der Waals surface area contributed by atoms with E-state index < -0.39 is 18.0 Å². The molecule has 0 unspecified atom stereocenters. The van der Waals surface area contributed by atoms with Gasteiger partial charge in [-0.25, -0.2) is 8.78 Å². The third kappa shape index (κ3) is 1.80. The molecule has 0 aliphatic rings. The summed E-state index contributed by atoms with van der Waals surface area (Å²) in [6.07, 6.45) is -1.53. The van der Waals surface area contributed by atoms with Crippen LogP contribution in [0, 0.1) is 6.92 Å². The fraction of sp³-hybridized carbons (Fsp3) is 0.250.